The number of amides is 1. The summed E-state index contributed by atoms with van der Waals surface area (Å²) in [6, 6.07) is 10.5. The van der Waals surface area contributed by atoms with Gasteiger partial charge in [-0.1, -0.05) is 12.1 Å². The smallest absolute Gasteiger partial charge is 0.251 e. The molecule has 10 heteroatoms. The van der Waals surface area contributed by atoms with Crippen LogP contribution in [0.1, 0.15) is 12.8 Å². The van der Waals surface area contributed by atoms with Crippen LogP contribution in [0, 0.1) is 0 Å². The number of hydrogen-bond donors (Lipinski definition) is 1. The second-order valence-electron chi connectivity index (χ2n) is 6.52. The number of hydrogen-bond acceptors (Lipinski definition) is 7. The van der Waals surface area contributed by atoms with E-state index in [0.29, 0.717) is 24.6 Å². The van der Waals surface area contributed by atoms with Crippen LogP contribution in [0.5, 0.6) is 11.6 Å². The molecule has 1 amide bonds. The number of sulfonamides is 1. The second-order valence-corrected chi connectivity index (χ2v) is 8.27. The van der Waals surface area contributed by atoms with Gasteiger partial charge in [0.1, 0.15) is 5.75 Å². The predicted molar refractivity (Wildman–Crippen MR) is 110 cm³/mol. The van der Waals surface area contributed by atoms with Gasteiger partial charge in [-0.05, 0) is 35.7 Å². The van der Waals surface area contributed by atoms with E-state index < -0.39 is 15.9 Å². The van der Waals surface area contributed by atoms with Crippen molar-refractivity contribution in [3.8, 4) is 22.8 Å². The van der Waals surface area contributed by atoms with E-state index in [9.17, 15) is 18.0 Å². The molecule has 156 valence electrons. The Morgan fingerprint density at radius 2 is 1.90 bits per heavy atom. The van der Waals surface area contributed by atoms with E-state index in [1.807, 2.05) is 16.9 Å². The van der Waals surface area contributed by atoms with Gasteiger partial charge in [0.05, 0.1) is 12.5 Å². The van der Waals surface area contributed by atoms with Crippen molar-refractivity contribution in [1.29, 1.82) is 0 Å². The van der Waals surface area contributed by atoms with E-state index in [-0.39, 0.29) is 12.0 Å². The number of nitrogens with one attached hydrogen (secondary N) is 1. The number of nitrogens with zero attached hydrogens (tertiary/aromatic N) is 3. The maximum absolute atomic E-state index is 12.4. The molecule has 3 aromatic rings. The summed E-state index contributed by atoms with van der Waals surface area (Å²) >= 11 is 0. The lowest BCUT2D eigenvalue weighted by Gasteiger charge is -2.08. The highest BCUT2D eigenvalue weighted by Gasteiger charge is 2.08. The Kier molecular flexibility index (Phi) is 6.58. The number of aryl methyl sites for hydroxylation is 1. The van der Waals surface area contributed by atoms with Crippen LogP contribution in [0.15, 0.2) is 66.0 Å². The van der Waals surface area contributed by atoms with Crippen molar-refractivity contribution in [1.82, 2.24) is 19.3 Å². The van der Waals surface area contributed by atoms with Crippen molar-refractivity contribution >= 4 is 15.9 Å². The lowest BCUT2D eigenvalue weighted by Crippen LogP contribution is -2.29. The SMILES string of the molecule is CS(=O)(=O)NC(=O)CCCn1ccc(-c2ccc(Oc3cnccn3)cc2)cc1=O. The Hall–Kier alpha value is -3.53. The molecule has 30 heavy (non-hydrogen) atoms. The topological polar surface area (TPSA) is 120 Å². The Bertz CT molecular complexity index is 1180. The third kappa shape index (κ3) is 6.24. The average molecular weight is 428 g/mol. The van der Waals surface area contributed by atoms with Crippen molar-refractivity contribution in [2.75, 3.05) is 6.26 Å². The maximum Gasteiger partial charge on any atom is 0.251 e. The molecule has 0 saturated carbocycles. The largest absolute Gasteiger partial charge is 0.438 e. The Morgan fingerprint density at radius 3 is 2.53 bits per heavy atom. The average Bonchev–Trinajstić information content (AvgIpc) is 2.69. The molecule has 0 radical (unpaired) electrons. The van der Waals surface area contributed by atoms with Crippen LogP contribution in [-0.2, 0) is 21.4 Å². The summed E-state index contributed by atoms with van der Waals surface area (Å²) in [7, 11) is -3.57. The van der Waals surface area contributed by atoms with Crippen LogP contribution < -0.4 is 15.0 Å². The van der Waals surface area contributed by atoms with E-state index in [1.54, 1.807) is 30.6 Å². The second kappa shape index (κ2) is 9.31. The fourth-order valence-corrected chi connectivity index (χ4v) is 3.23. The number of aromatic nitrogens is 3. The van der Waals surface area contributed by atoms with E-state index in [1.165, 1.54) is 23.0 Å². The van der Waals surface area contributed by atoms with Crippen LogP contribution >= 0.6 is 0 Å². The molecule has 0 spiro atoms. The molecule has 0 fully saturated rings. The standard InChI is InChI=1S/C20H20N4O5S/c1-30(27,28)23-18(25)3-2-11-24-12-8-16(13-20(24)26)15-4-6-17(7-5-15)29-19-14-21-9-10-22-19/h4-10,12-14H,2-3,11H2,1H3,(H,23,25). The van der Waals surface area contributed by atoms with Crippen LogP contribution in [0.2, 0.25) is 0 Å². The van der Waals surface area contributed by atoms with Crippen LogP contribution in [-0.4, -0.2) is 35.1 Å². The molecule has 0 bridgehead atoms. The van der Waals surface area contributed by atoms with Gasteiger partial charge in [-0.3, -0.25) is 19.3 Å². The minimum Gasteiger partial charge on any atom is -0.438 e. The molecule has 0 atom stereocenters. The fraction of sp³-hybridized carbons (Fsp3) is 0.200. The van der Waals surface area contributed by atoms with E-state index in [2.05, 4.69) is 9.97 Å². The Balaban J connectivity index is 1.61. The van der Waals surface area contributed by atoms with Crippen molar-refractivity contribution in [3.63, 3.8) is 0 Å². The number of carbonyl (C=O) groups is 1. The van der Waals surface area contributed by atoms with Gasteiger partial charge in [-0.15, -0.1) is 0 Å². The highest BCUT2D eigenvalue weighted by atomic mass is 32.2. The third-order valence-corrected chi connectivity index (χ3v) is 4.65. The van der Waals surface area contributed by atoms with Gasteiger partial charge in [0.2, 0.25) is 21.8 Å². The van der Waals surface area contributed by atoms with Gasteiger partial charge in [0, 0.05) is 37.6 Å². The number of ether oxygens (including phenoxy) is 1. The molecule has 0 unspecified atom stereocenters. The minimum absolute atomic E-state index is 0.00845. The van der Waals surface area contributed by atoms with Crippen molar-refractivity contribution in [3.05, 3.63) is 71.5 Å². The molecule has 0 aliphatic rings. The Labute approximate surface area is 173 Å². The molecular formula is C20H20N4O5S. The first kappa shape index (κ1) is 21.2. The van der Waals surface area contributed by atoms with Crippen LogP contribution in [0.25, 0.3) is 11.1 Å². The third-order valence-electron chi connectivity index (χ3n) is 4.05. The summed E-state index contributed by atoms with van der Waals surface area (Å²) in [5, 5.41) is 0. The van der Waals surface area contributed by atoms with Crippen LogP contribution in [0.3, 0.4) is 0 Å². The van der Waals surface area contributed by atoms with E-state index in [4.69, 9.17) is 4.74 Å². The van der Waals surface area contributed by atoms with Crippen molar-refractivity contribution in [2.24, 2.45) is 0 Å². The molecule has 2 heterocycles. The number of carbonyl (C=O) groups excluding carboxylic acids is 1. The fourth-order valence-electron chi connectivity index (χ4n) is 2.71. The quantitative estimate of drug-likeness (QED) is 0.582. The summed E-state index contributed by atoms with van der Waals surface area (Å²) in [6.45, 7) is 0.307. The van der Waals surface area contributed by atoms with Gasteiger partial charge in [0.25, 0.3) is 5.56 Å². The summed E-state index contributed by atoms with van der Waals surface area (Å²) < 4.78 is 31.0. The van der Waals surface area contributed by atoms with Crippen molar-refractivity contribution < 1.29 is 17.9 Å². The highest BCUT2D eigenvalue weighted by molar-refractivity contribution is 7.89. The van der Waals surface area contributed by atoms with Gasteiger partial charge in [-0.25, -0.2) is 13.4 Å². The van der Waals surface area contributed by atoms with Gasteiger partial charge < -0.3 is 9.30 Å². The molecule has 9 nitrogen and oxygen atoms in total. The number of rotatable bonds is 8. The van der Waals surface area contributed by atoms with E-state index >= 15 is 0 Å². The molecule has 0 saturated heterocycles. The minimum atomic E-state index is -3.57. The Morgan fingerprint density at radius 1 is 1.13 bits per heavy atom. The zero-order chi connectivity index (χ0) is 21.6. The zero-order valence-electron chi connectivity index (χ0n) is 16.2. The molecule has 1 aromatic carbocycles. The molecular weight excluding hydrogens is 408 g/mol. The van der Waals surface area contributed by atoms with Gasteiger partial charge in [0.15, 0.2) is 0 Å². The lowest BCUT2D eigenvalue weighted by atomic mass is 10.1. The molecule has 3 rings (SSSR count). The highest BCUT2D eigenvalue weighted by Crippen LogP contribution is 2.23. The van der Waals surface area contributed by atoms with Gasteiger partial charge in [-0.2, -0.15) is 0 Å². The molecule has 2 aromatic heterocycles. The van der Waals surface area contributed by atoms with E-state index in [0.717, 1.165) is 17.4 Å². The molecule has 0 aliphatic carbocycles. The van der Waals surface area contributed by atoms with Crippen LogP contribution in [0.4, 0.5) is 0 Å². The van der Waals surface area contributed by atoms with Crippen molar-refractivity contribution in [2.45, 2.75) is 19.4 Å². The number of benzene rings is 1. The normalized spacial score (nSPS) is 11.1. The first-order valence-corrected chi connectivity index (χ1v) is 10.9. The summed E-state index contributed by atoms with van der Waals surface area (Å²) in [5.41, 5.74) is 1.38. The monoisotopic (exact) mass is 428 g/mol. The first-order chi connectivity index (χ1) is 14.3. The zero-order valence-corrected chi connectivity index (χ0v) is 17.0. The molecule has 1 N–H and O–H groups in total. The first-order valence-electron chi connectivity index (χ1n) is 9.05. The van der Waals surface area contributed by atoms with Gasteiger partial charge >= 0.3 is 0 Å². The molecule has 0 aliphatic heterocycles. The maximum atomic E-state index is 12.4. The summed E-state index contributed by atoms with van der Waals surface area (Å²) in [4.78, 5) is 31.9. The summed E-state index contributed by atoms with van der Waals surface area (Å²) in [6.07, 6.45) is 7.53. The predicted octanol–water partition coefficient (Wildman–Crippen LogP) is 1.95. The number of pyridine rings is 1. The lowest BCUT2D eigenvalue weighted by molar-refractivity contribution is -0.119. The summed E-state index contributed by atoms with van der Waals surface area (Å²) in [5.74, 6) is 0.393.